The number of fused-ring (bicyclic) bond motifs is 3. The Morgan fingerprint density at radius 3 is 2.57 bits per heavy atom. The van der Waals surface area contributed by atoms with Gasteiger partial charge in [0.25, 0.3) is 0 Å². The Morgan fingerprint density at radius 1 is 1.24 bits per heavy atom. The molecule has 1 aromatic rings. The second-order valence-corrected chi connectivity index (χ2v) is 7.61. The van der Waals surface area contributed by atoms with Gasteiger partial charge in [0.1, 0.15) is 11.5 Å². The Morgan fingerprint density at radius 2 is 1.90 bits per heavy atom. The van der Waals surface area contributed by atoms with Crippen molar-refractivity contribution in [2.45, 2.75) is 58.5 Å². The van der Waals surface area contributed by atoms with E-state index >= 15 is 0 Å². The molecule has 0 aromatic heterocycles. The van der Waals surface area contributed by atoms with E-state index in [0.717, 1.165) is 23.1 Å². The first-order chi connectivity index (χ1) is 9.68. The summed E-state index contributed by atoms with van der Waals surface area (Å²) in [6, 6.07) is 3.84. The van der Waals surface area contributed by atoms with Crippen LogP contribution in [0.5, 0.6) is 5.75 Å². The molecule has 2 aliphatic rings. The minimum absolute atomic E-state index is 0.0964. The first-order valence-corrected chi connectivity index (χ1v) is 7.72. The lowest BCUT2D eigenvalue weighted by atomic mass is 9.49. The predicted octanol–water partition coefficient (Wildman–Crippen LogP) is 2.88. The molecule has 2 aliphatic carbocycles. The number of ketones is 1. The van der Waals surface area contributed by atoms with Crippen molar-refractivity contribution in [3.8, 4) is 5.75 Å². The fourth-order valence-electron chi connectivity index (χ4n) is 4.83. The number of aliphatic hydroxyl groups is 1. The molecule has 2 N–H and O–H groups in total. The first kappa shape index (κ1) is 14.6. The van der Waals surface area contributed by atoms with Crippen LogP contribution in [-0.2, 0) is 16.6 Å². The van der Waals surface area contributed by atoms with Gasteiger partial charge >= 0.3 is 0 Å². The van der Waals surface area contributed by atoms with Crippen LogP contribution in [0.1, 0.15) is 50.3 Å². The van der Waals surface area contributed by atoms with Crippen LogP contribution in [0.3, 0.4) is 0 Å². The van der Waals surface area contributed by atoms with Crippen molar-refractivity contribution in [3.05, 3.63) is 28.8 Å². The van der Waals surface area contributed by atoms with Gasteiger partial charge in [-0.05, 0) is 47.9 Å². The third-order valence-electron chi connectivity index (χ3n) is 5.90. The van der Waals surface area contributed by atoms with E-state index in [0.29, 0.717) is 18.6 Å². The minimum Gasteiger partial charge on any atom is -0.508 e. The van der Waals surface area contributed by atoms with Gasteiger partial charge in [-0.25, -0.2) is 0 Å². The summed E-state index contributed by atoms with van der Waals surface area (Å²) in [6.45, 7) is 7.94. The number of hydrogen-bond donors (Lipinski definition) is 2. The van der Waals surface area contributed by atoms with Crippen molar-refractivity contribution in [2.75, 3.05) is 0 Å². The van der Waals surface area contributed by atoms with Crippen LogP contribution in [0, 0.1) is 18.3 Å². The van der Waals surface area contributed by atoms with Crippen LogP contribution in [0.2, 0.25) is 0 Å². The molecule has 0 bridgehead atoms. The zero-order valence-electron chi connectivity index (χ0n) is 13.2. The smallest absolute Gasteiger partial charge is 0.138 e. The largest absolute Gasteiger partial charge is 0.508 e. The summed E-state index contributed by atoms with van der Waals surface area (Å²) in [5.41, 5.74) is 2.29. The SMILES string of the molecule is Cc1cc2c(cc1O)[C@]1(C)CCC(=O)C(C)(C)[C@H]1[C@H](O)C2. The number of aryl methyl sites for hydroxylation is 1. The van der Waals surface area contributed by atoms with E-state index in [1.807, 2.05) is 32.9 Å². The van der Waals surface area contributed by atoms with Crippen LogP contribution < -0.4 is 0 Å². The highest BCUT2D eigenvalue weighted by Crippen LogP contribution is 2.56. The Bertz CT molecular complexity index is 617. The highest BCUT2D eigenvalue weighted by Gasteiger charge is 2.57. The molecular formula is C18H24O3. The van der Waals surface area contributed by atoms with E-state index < -0.39 is 11.5 Å². The van der Waals surface area contributed by atoms with Crippen LogP contribution in [0.25, 0.3) is 0 Å². The third-order valence-corrected chi connectivity index (χ3v) is 5.90. The highest BCUT2D eigenvalue weighted by atomic mass is 16.3. The van der Waals surface area contributed by atoms with Gasteiger partial charge in [0, 0.05) is 17.8 Å². The molecule has 0 amide bonds. The van der Waals surface area contributed by atoms with Crippen LogP contribution in [-0.4, -0.2) is 22.1 Å². The number of benzene rings is 1. The second kappa shape index (κ2) is 4.33. The van der Waals surface area contributed by atoms with Crippen molar-refractivity contribution in [1.82, 2.24) is 0 Å². The fourth-order valence-corrected chi connectivity index (χ4v) is 4.83. The molecule has 3 heteroatoms. The number of hydrogen-bond acceptors (Lipinski definition) is 3. The number of aromatic hydroxyl groups is 1. The Hall–Kier alpha value is -1.35. The Labute approximate surface area is 126 Å². The molecule has 0 aliphatic heterocycles. The number of aliphatic hydroxyl groups excluding tert-OH is 1. The van der Waals surface area contributed by atoms with E-state index in [1.165, 1.54) is 0 Å². The van der Waals surface area contributed by atoms with Gasteiger partial charge in [0.2, 0.25) is 0 Å². The van der Waals surface area contributed by atoms with Crippen LogP contribution >= 0.6 is 0 Å². The minimum atomic E-state index is -0.523. The molecule has 0 saturated heterocycles. The predicted molar refractivity (Wildman–Crippen MR) is 81.4 cm³/mol. The molecule has 0 unspecified atom stereocenters. The summed E-state index contributed by atoms with van der Waals surface area (Å²) in [5, 5.41) is 20.8. The Kier molecular flexibility index (Phi) is 3.00. The second-order valence-electron chi connectivity index (χ2n) is 7.61. The molecule has 1 fully saturated rings. The maximum Gasteiger partial charge on any atom is 0.138 e. The number of rotatable bonds is 0. The van der Waals surface area contributed by atoms with Crippen molar-refractivity contribution in [3.63, 3.8) is 0 Å². The lowest BCUT2D eigenvalue weighted by Gasteiger charge is -2.55. The first-order valence-electron chi connectivity index (χ1n) is 7.72. The van der Waals surface area contributed by atoms with Gasteiger partial charge in [-0.15, -0.1) is 0 Å². The molecule has 0 heterocycles. The zero-order valence-corrected chi connectivity index (χ0v) is 13.2. The van der Waals surface area contributed by atoms with Gasteiger partial charge in [-0.1, -0.05) is 26.8 Å². The fraction of sp³-hybridized carbons (Fsp3) is 0.611. The lowest BCUT2D eigenvalue weighted by molar-refractivity contribution is -0.143. The van der Waals surface area contributed by atoms with Gasteiger partial charge in [-0.2, -0.15) is 0 Å². The number of carbonyl (C=O) groups is 1. The Balaban J connectivity index is 2.21. The maximum atomic E-state index is 12.3. The molecule has 1 saturated carbocycles. The average molecular weight is 288 g/mol. The van der Waals surface area contributed by atoms with Crippen LogP contribution in [0.15, 0.2) is 12.1 Å². The molecule has 0 spiro atoms. The van der Waals surface area contributed by atoms with Crippen molar-refractivity contribution in [1.29, 1.82) is 0 Å². The zero-order chi connectivity index (χ0) is 15.6. The quantitative estimate of drug-likeness (QED) is 0.772. The molecule has 1 aromatic carbocycles. The van der Waals surface area contributed by atoms with Gasteiger partial charge in [0.05, 0.1) is 6.10 Å². The number of carbonyl (C=O) groups excluding carboxylic acids is 1. The third kappa shape index (κ3) is 1.87. The number of phenolic OH excluding ortho intramolecular Hbond substituents is 1. The summed E-state index contributed by atoms with van der Waals surface area (Å²) in [4.78, 5) is 12.3. The summed E-state index contributed by atoms with van der Waals surface area (Å²) in [7, 11) is 0. The number of phenols is 1. The van der Waals surface area contributed by atoms with Crippen molar-refractivity contribution >= 4 is 5.78 Å². The summed E-state index contributed by atoms with van der Waals surface area (Å²) in [6.07, 6.45) is 1.34. The molecule has 0 radical (unpaired) electrons. The normalized spacial score (nSPS) is 34.2. The lowest BCUT2D eigenvalue weighted by Crippen LogP contribution is -2.57. The monoisotopic (exact) mass is 288 g/mol. The van der Waals surface area contributed by atoms with Gasteiger partial charge in [-0.3, -0.25) is 4.79 Å². The summed E-state index contributed by atoms with van der Waals surface area (Å²) in [5.74, 6) is 0.449. The van der Waals surface area contributed by atoms with Crippen molar-refractivity contribution in [2.24, 2.45) is 11.3 Å². The summed E-state index contributed by atoms with van der Waals surface area (Å²) >= 11 is 0. The van der Waals surface area contributed by atoms with Crippen molar-refractivity contribution < 1.29 is 15.0 Å². The standard InChI is InChI=1S/C18H24O3/c1-10-7-11-8-14(20)16-17(2,3)15(21)5-6-18(16,4)12(11)9-13(10)19/h7,9,14,16,19-20H,5-6,8H2,1-4H3/t14-,16-,18+/m1/s1. The molecule has 3 atom stereocenters. The van der Waals surface area contributed by atoms with E-state index in [-0.39, 0.29) is 17.1 Å². The molecule has 3 rings (SSSR count). The van der Waals surface area contributed by atoms with Gasteiger partial charge < -0.3 is 10.2 Å². The number of Topliss-reactive ketones (excluding diaryl/α,β-unsaturated/α-hetero) is 1. The summed E-state index contributed by atoms with van der Waals surface area (Å²) < 4.78 is 0. The molecule has 21 heavy (non-hydrogen) atoms. The van der Waals surface area contributed by atoms with E-state index in [1.54, 1.807) is 0 Å². The topological polar surface area (TPSA) is 57.5 Å². The van der Waals surface area contributed by atoms with Gasteiger partial charge in [0.15, 0.2) is 0 Å². The average Bonchev–Trinajstić information content (AvgIpc) is 2.37. The maximum absolute atomic E-state index is 12.3. The molecular weight excluding hydrogens is 264 g/mol. The molecule has 114 valence electrons. The van der Waals surface area contributed by atoms with E-state index in [9.17, 15) is 15.0 Å². The van der Waals surface area contributed by atoms with Crippen LogP contribution in [0.4, 0.5) is 0 Å². The highest BCUT2D eigenvalue weighted by molar-refractivity contribution is 5.86. The molecule has 3 nitrogen and oxygen atoms in total. The van der Waals surface area contributed by atoms with E-state index in [4.69, 9.17) is 0 Å². The van der Waals surface area contributed by atoms with E-state index in [2.05, 4.69) is 6.92 Å².